The molecule has 2 saturated heterocycles. The molecule has 0 aromatic heterocycles. The van der Waals surface area contributed by atoms with Gasteiger partial charge in [0.15, 0.2) is 0 Å². The van der Waals surface area contributed by atoms with Crippen molar-refractivity contribution in [3.05, 3.63) is 0 Å². The minimum absolute atomic E-state index is 0.501. The van der Waals surface area contributed by atoms with Crippen LogP contribution in [-0.2, 0) is 0 Å². The molecule has 0 spiro atoms. The van der Waals surface area contributed by atoms with Crippen LogP contribution < -0.4 is 5.73 Å². The SMILES string of the molecule is NC1CC2CCCC(C1)N2CC1CC1. The van der Waals surface area contributed by atoms with Crippen LogP contribution in [0.15, 0.2) is 0 Å². The third-order valence-electron chi connectivity index (χ3n) is 4.33. The van der Waals surface area contributed by atoms with Gasteiger partial charge in [0.25, 0.3) is 0 Å². The van der Waals surface area contributed by atoms with E-state index >= 15 is 0 Å². The summed E-state index contributed by atoms with van der Waals surface area (Å²) in [5.74, 6) is 1.05. The van der Waals surface area contributed by atoms with Crippen molar-refractivity contribution in [2.24, 2.45) is 11.7 Å². The van der Waals surface area contributed by atoms with Crippen molar-refractivity contribution in [3.63, 3.8) is 0 Å². The molecule has 2 nitrogen and oxygen atoms in total. The number of hydrogen-bond acceptors (Lipinski definition) is 2. The molecule has 2 bridgehead atoms. The number of nitrogens with zero attached hydrogens (tertiary/aromatic N) is 1. The Balaban J connectivity index is 1.68. The van der Waals surface area contributed by atoms with E-state index in [4.69, 9.17) is 5.73 Å². The molecule has 0 radical (unpaired) electrons. The van der Waals surface area contributed by atoms with E-state index in [1.54, 1.807) is 0 Å². The maximum atomic E-state index is 6.11. The molecule has 2 aliphatic heterocycles. The lowest BCUT2D eigenvalue weighted by Gasteiger charge is -2.48. The third kappa shape index (κ3) is 1.70. The summed E-state index contributed by atoms with van der Waals surface area (Å²) in [6.45, 7) is 1.39. The normalized spacial score (nSPS) is 43.9. The van der Waals surface area contributed by atoms with Crippen molar-refractivity contribution in [3.8, 4) is 0 Å². The van der Waals surface area contributed by atoms with E-state index in [-0.39, 0.29) is 0 Å². The van der Waals surface area contributed by atoms with Gasteiger partial charge in [-0.2, -0.15) is 0 Å². The van der Waals surface area contributed by atoms with E-state index in [0.29, 0.717) is 6.04 Å². The number of hydrogen-bond donors (Lipinski definition) is 1. The van der Waals surface area contributed by atoms with Gasteiger partial charge in [0.2, 0.25) is 0 Å². The zero-order chi connectivity index (χ0) is 9.54. The Bertz CT molecular complexity index is 198. The molecule has 0 aromatic carbocycles. The van der Waals surface area contributed by atoms with Gasteiger partial charge in [-0.05, 0) is 44.4 Å². The van der Waals surface area contributed by atoms with Crippen LogP contribution in [0.2, 0.25) is 0 Å². The summed E-state index contributed by atoms with van der Waals surface area (Å²) in [5.41, 5.74) is 6.11. The van der Waals surface area contributed by atoms with Crippen LogP contribution in [0, 0.1) is 5.92 Å². The average molecular weight is 194 g/mol. The Morgan fingerprint density at radius 1 is 1.00 bits per heavy atom. The predicted octanol–water partition coefficient (Wildman–Crippen LogP) is 1.74. The molecule has 3 fully saturated rings. The molecule has 3 rings (SSSR count). The summed E-state index contributed by atoms with van der Waals surface area (Å²) >= 11 is 0. The molecule has 80 valence electrons. The maximum absolute atomic E-state index is 6.11. The van der Waals surface area contributed by atoms with Crippen LogP contribution in [0.5, 0.6) is 0 Å². The van der Waals surface area contributed by atoms with Gasteiger partial charge < -0.3 is 5.73 Å². The standard InChI is InChI=1S/C12H22N2/c13-10-6-11-2-1-3-12(7-10)14(11)8-9-4-5-9/h9-12H,1-8,13H2. The second-order valence-electron chi connectivity index (χ2n) is 5.61. The molecule has 14 heavy (non-hydrogen) atoms. The van der Waals surface area contributed by atoms with Crippen molar-refractivity contribution < 1.29 is 0 Å². The monoisotopic (exact) mass is 194 g/mol. The minimum atomic E-state index is 0.501. The van der Waals surface area contributed by atoms with Crippen molar-refractivity contribution >= 4 is 0 Å². The van der Waals surface area contributed by atoms with Gasteiger partial charge in [0.1, 0.15) is 0 Å². The number of nitrogens with two attached hydrogens (primary N) is 1. The number of fused-ring (bicyclic) bond motifs is 2. The first-order valence-corrected chi connectivity index (χ1v) is 6.34. The minimum Gasteiger partial charge on any atom is -0.328 e. The van der Waals surface area contributed by atoms with Crippen LogP contribution in [0.25, 0.3) is 0 Å². The van der Waals surface area contributed by atoms with Gasteiger partial charge in [-0.15, -0.1) is 0 Å². The zero-order valence-corrected chi connectivity index (χ0v) is 8.99. The quantitative estimate of drug-likeness (QED) is 0.725. The third-order valence-corrected chi connectivity index (χ3v) is 4.33. The highest BCUT2D eigenvalue weighted by Crippen LogP contribution is 2.38. The molecular weight excluding hydrogens is 172 g/mol. The fourth-order valence-corrected chi connectivity index (χ4v) is 3.42. The van der Waals surface area contributed by atoms with E-state index < -0.39 is 0 Å². The van der Waals surface area contributed by atoms with Gasteiger partial charge in [-0.1, -0.05) is 6.42 Å². The first kappa shape index (κ1) is 9.17. The second-order valence-corrected chi connectivity index (χ2v) is 5.61. The molecule has 2 N–H and O–H groups in total. The lowest BCUT2D eigenvalue weighted by atomic mass is 9.82. The van der Waals surface area contributed by atoms with Crippen LogP contribution in [0.1, 0.15) is 44.9 Å². The topological polar surface area (TPSA) is 29.3 Å². The largest absolute Gasteiger partial charge is 0.328 e. The smallest absolute Gasteiger partial charge is 0.0113 e. The van der Waals surface area contributed by atoms with Gasteiger partial charge in [-0.25, -0.2) is 0 Å². The Labute approximate surface area is 86.8 Å². The summed E-state index contributed by atoms with van der Waals surface area (Å²) < 4.78 is 0. The summed E-state index contributed by atoms with van der Waals surface area (Å²) in [6.07, 6.45) is 9.79. The first-order chi connectivity index (χ1) is 6.83. The van der Waals surface area contributed by atoms with Crippen LogP contribution in [-0.4, -0.2) is 29.6 Å². The summed E-state index contributed by atoms with van der Waals surface area (Å²) in [7, 11) is 0. The molecule has 1 aliphatic carbocycles. The van der Waals surface area contributed by atoms with Crippen LogP contribution >= 0.6 is 0 Å². The highest BCUT2D eigenvalue weighted by molar-refractivity contribution is 4.95. The fourth-order valence-electron chi connectivity index (χ4n) is 3.42. The van der Waals surface area contributed by atoms with Crippen molar-refractivity contribution in [1.82, 2.24) is 4.90 Å². The zero-order valence-electron chi connectivity index (χ0n) is 8.99. The molecule has 1 saturated carbocycles. The Morgan fingerprint density at radius 2 is 1.64 bits per heavy atom. The lowest BCUT2D eigenvalue weighted by molar-refractivity contribution is 0.0277. The van der Waals surface area contributed by atoms with E-state index in [0.717, 1.165) is 18.0 Å². The molecule has 3 aliphatic rings. The van der Waals surface area contributed by atoms with Crippen molar-refractivity contribution in [2.75, 3.05) is 6.54 Å². The molecule has 2 atom stereocenters. The summed E-state index contributed by atoms with van der Waals surface area (Å²) in [6, 6.07) is 2.19. The Morgan fingerprint density at radius 3 is 2.21 bits per heavy atom. The van der Waals surface area contributed by atoms with Crippen LogP contribution in [0.3, 0.4) is 0 Å². The van der Waals surface area contributed by atoms with Gasteiger partial charge in [0.05, 0.1) is 0 Å². The van der Waals surface area contributed by atoms with E-state index in [2.05, 4.69) is 4.90 Å². The van der Waals surface area contributed by atoms with Gasteiger partial charge in [0, 0.05) is 24.7 Å². The van der Waals surface area contributed by atoms with E-state index in [1.807, 2.05) is 0 Å². The molecule has 0 amide bonds. The van der Waals surface area contributed by atoms with E-state index in [9.17, 15) is 0 Å². The molecule has 2 heterocycles. The number of rotatable bonds is 2. The lowest BCUT2D eigenvalue weighted by Crippen LogP contribution is -2.55. The van der Waals surface area contributed by atoms with Gasteiger partial charge >= 0.3 is 0 Å². The Kier molecular flexibility index (Phi) is 2.29. The van der Waals surface area contributed by atoms with Crippen molar-refractivity contribution in [2.45, 2.75) is 63.1 Å². The molecule has 2 unspecified atom stereocenters. The molecule has 2 heteroatoms. The molecule has 0 aromatic rings. The number of piperidine rings is 2. The maximum Gasteiger partial charge on any atom is 0.0113 e. The highest BCUT2D eigenvalue weighted by Gasteiger charge is 2.39. The summed E-state index contributed by atoms with van der Waals surface area (Å²) in [4.78, 5) is 2.81. The van der Waals surface area contributed by atoms with Gasteiger partial charge in [-0.3, -0.25) is 4.90 Å². The second kappa shape index (κ2) is 3.49. The highest BCUT2D eigenvalue weighted by atomic mass is 15.2. The van der Waals surface area contributed by atoms with E-state index in [1.165, 1.54) is 51.5 Å². The summed E-state index contributed by atoms with van der Waals surface area (Å²) in [5, 5.41) is 0. The average Bonchev–Trinajstić information content (AvgIpc) is 2.90. The Hall–Kier alpha value is -0.0800. The van der Waals surface area contributed by atoms with Crippen molar-refractivity contribution in [1.29, 1.82) is 0 Å². The first-order valence-electron chi connectivity index (χ1n) is 6.34. The molecular formula is C12H22N2. The predicted molar refractivity (Wildman–Crippen MR) is 58.1 cm³/mol. The fraction of sp³-hybridized carbons (Fsp3) is 1.00. The van der Waals surface area contributed by atoms with Crippen LogP contribution in [0.4, 0.5) is 0 Å².